The summed E-state index contributed by atoms with van der Waals surface area (Å²) >= 11 is 1.11. The van der Waals surface area contributed by atoms with E-state index in [-0.39, 0.29) is 22.8 Å². The van der Waals surface area contributed by atoms with Gasteiger partial charge in [-0.1, -0.05) is 30.0 Å². The van der Waals surface area contributed by atoms with Crippen molar-refractivity contribution in [3.8, 4) is 23.0 Å². The van der Waals surface area contributed by atoms with Crippen LogP contribution in [0.5, 0.6) is 11.5 Å². The lowest BCUT2D eigenvalue weighted by Crippen LogP contribution is -2.13. The summed E-state index contributed by atoms with van der Waals surface area (Å²) in [6.07, 6.45) is 1.08. The summed E-state index contributed by atoms with van der Waals surface area (Å²) in [5.41, 5.74) is 1.69. The molecule has 1 amide bonds. The number of nitrogens with one attached hydrogen (secondary N) is 2. The van der Waals surface area contributed by atoms with E-state index in [0.29, 0.717) is 22.7 Å². The van der Waals surface area contributed by atoms with E-state index >= 15 is 0 Å². The molecule has 2 N–H and O–H groups in total. The summed E-state index contributed by atoms with van der Waals surface area (Å²) in [7, 11) is -3.35. The topological polar surface area (TPSA) is 123 Å². The average Bonchev–Trinajstić information content (AvgIpc) is 3.28. The van der Waals surface area contributed by atoms with Crippen LogP contribution < -0.4 is 14.8 Å². The Morgan fingerprint density at radius 3 is 2.24 bits per heavy atom. The van der Waals surface area contributed by atoms with Crippen LogP contribution in [0.2, 0.25) is 0 Å². The van der Waals surface area contributed by atoms with Crippen LogP contribution in [-0.2, 0) is 14.8 Å². The van der Waals surface area contributed by atoms with Crippen molar-refractivity contribution in [2.45, 2.75) is 5.22 Å². The predicted octanol–water partition coefficient (Wildman–Crippen LogP) is 4.63. The number of nitrogens with zero attached hydrogens (tertiary/aromatic N) is 2. The van der Waals surface area contributed by atoms with E-state index in [9.17, 15) is 13.2 Å². The maximum Gasteiger partial charge on any atom is 0.277 e. The molecule has 4 rings (SSSR count). The van der Waals surface area contributed by atoms with E-state index in [1.807, 2.05) is 30.3 Å². The van der Waals surface area contributed by atoms with Gasteiger partial charge in [0.15, 0.2) is 0 Å². The molecule has 0 aliphatic heterocycles. The van der Waals surface area contributed by atoms with Gasteiger partial charge in [0.25, 0.3) is 5.22 Å². The van der Waals surface area contributed by atoms with Crippen LogP contribution in [0.3, 0.4) is 0 Å². The number of anilines is 2. The average molecular weight is 497 g/mol. The summed E-state index contributed by atoms with van der Waals surface area (Å²) in [5.74, 6) is 1.52. The van der Waals surface area contributed by atoms with E-state index in [4.69, 9.17) is 9.15 Å². The Labute approximate surface area is 200 Å². The van der Waals surface area contributed by atoms with Crippen LogP contribution in [0.1, 0.15) is 0 Å². The highest BCUT2D eigenvalue weighted by atomic mass is 32.2. The van der Waals surface area contributed by atoms with Gasteiger partial charge < -0.3 is 14.5 Å². The predicted molar refractivity (Wildman–Crippen MR) is 131 cm³/mol. The van der Waals surface area contributed by atoms with Gasteiger partial charge >= 0.3 is 0 Å². The lowest BCUT2D eigenvalue weighted by molar-refractivity contribution is -0.113. The third-order valence-corrected chi connectivity index (χ3v) is 5.71. The molecule has 11 heteroatoms. The lowest BCUT2D eigenvalue weighted by Gasteiger charge is -2.07. The minimum Gasteiger partial charge on any atom is -0.457 e. The number of hydrogen-bond acceptors (Lipinski definition) is 8. The Hall–Kier alpha value is -3.83. The third-order valence-electron chi connectivity index (χ3n) is 4.29. The smallest absolute Gasteiger partial charge is 0.277 e. The number of amides is 1. The first-order chi connectivity index (χ1) is 16.3. The number of benzene rings is 3. The van der Waals surface area contributed by atoms with Gasteiger partial charge in [-0.2, -0.15) is 0 Å². The molecule has 34 heavy (non-hydrogen) atoms. The van der Waals surface area contributed by atoms with Crippen LogP contribution in [0, 0.1) is 0 Å². The highest BCUT2D eigenvalue weighted by Crippen LogP contribution is 2.25. The lowest BCUT2D eigenvalue weighted by atomic mass is 10.2. The summed E-state index contributed by atoms with van der Waals surface area (Å²) in [6, 6.07) is 23.0. The molecule has 0 unspecified atom stereocenters. The molecular formula is C23H20N4O5S2. The zero-order valence-corrected chi connectivity index (χ0v) is 19.6. The molecule has 0 atom stereocenters. The van der Waals surface area contributed by atoms with Crippen molar-refractivity contribution in [2.75, 3.05) is 22.0 Å². The molecule has 0 bridgehead atoms. The molecule has 0 saturated heterocycles. The molecule has 0 saturated carbocycles. The van der Waals surface area contributed by atoms with Crippen molar-refractivity contribution in [1.29, 1.82) is 0 Å². The molecule has 0 spiro atoms. The molecule has 0 aliphatic rings. The fraction of sp³-hybridized carbons (Fsp3) is 0.0870. The number of hydrogen-bond donors (Lipinski definition) is 2. The zero-order valence-electron chi connectivity index (χ0n) is 18.0. The molecule has 3 aromatic carbocycles. The first kappa shape index (κ1) is 23.3. The van der Waals surface area contributed by atoms with Crippen LogP contribution in [-0.4, -0.2) is 36.5 Å². The molecule has 174 valence electrons. The van der Waals surface area contributed by atoms with E-state index < -0.39 is 10.0 Å². The second kappa shape index (κ2) is 10.4. The van der Waals surface area contributed by atoms with Gasteiger partial charge in [0.2, 0.25) is 21.8 Å². The number of sulfonamides is 1. The molecule has 0 aliphatic carbocycles. The van der Waals surface area contributed by atoms with E-state index in [1.165, 1.54) is 0 Å². The Bertz CT molecular complexity index is 1360. The maximum atomic E-state index is 12.3. The minimum absolute atomic E-state index is 0.0844. The molecule has 0 fully saturated rings. The van der Waals surface area contributed by atoms with Gasteiger partial charge in [0.05, 0.1) is 12.0 Å². The van der Waals surface area contributed by atoms with Gasteiger partial charge in [-0.25, -0.2) is 8.42 Å². The highest BCUT2D eigenvalue weighted by molar-refractivity contribution is 7.99. The maximum absolute atomic E-state index is 12.3. The Kier molecular flexibility index (Phi) is 7.14. The summed E-state index contributed by atoms with van der Waals surface area (Å²) in [4.78, 5) is 12.3. The standard InChI is InChI=1S/C23H20N4O5S2/c1-34(29,30)27-18-9-7-16(8-10-18)22-25-26-23(32-22)33-15-21(28)24-17-11-13-20(14-12-17)31-19-5-3-2-4-6-19/h2-14,27H,15H2,1H3,(H,24,28). The second-order valence-electron chi connectivity index (χ2n) is 7.10. The van der Waals surface area contributed by atoms with Crippen LogP contribution in [0.15, 0.2) is 88.5 Å². The van der Waals surface area contributed by atoms with Crippen LogP contribution in [0.4, 0.5) is 11.4 Å². The normalized spacial score (nSPS) is 11.1. The van der Waals surface area contributed by atoms with Crippen molar-refractivity contribution in [3.05, 3.63) is 78.9 Å². The van der Waals surface area contributed by atoms with Gasteiger partial charge in [0.1, 0.15) is 11.5 Å². The number of ether oxygens (including phenoxy) is 1. The Morgan fingerprint density at radius 2 is 1.56 bits per heavy atom. The van der Waals surface area contributed by atoms with Crippen LogP contribution in [0.25, 0.3) is 11.5 Å². The minimum atomic E-state index is -3.35. The van der Waals surface area contributed by atoms with E-state index in [0.717, 1.165) is 23.8 Å². The van der Waals surface area contributed by atoms with Gasteiger partial charge in [-0.05, 0) is 60.7 Å². The van der Waals surface area contributed by atoms with Crippen molar-refractivity contribution in [3.63, 3.8) is 0 Å². The highest BCUT2D eigenvalue weighted by Gasteiger charge is 2.12. The first-order valence-corrected chi connectivity index (χ1v) is 12.9. The Morgan fingerprint density at radius 1 is 0.912 bits per heavy atom. The van der Waals surface area contributed by atoms with Gasteiger partial charge in [-0.15, -0.1) is 10.2 Å². The summed E-state index contributed by atoms with van der Waals surface area (Å²) in [5, 5.41) is 11.0. The molecule has 0 radical (unpaired) electrons. The largest absolute Gasteiger partial charge is 0.457 e. The van der Waals surface area contributed by atoms with Crippen molar-refractivity contribution in [1.82, 2.24) is 10.2 Å². The van der Waals surface area contributed by atoms with Gasteiger partial charge in [-0.3, -0.25) is 9.52 Å². The van der Waals surface area contributed by atoms with Crippen LogP contribution >= 0.6 is 11.8 Å². The first-order valence-electron chi connectivity index (χ1n) is 10.0. The second-order valence-corrected chi connectivity index (χ2v) is 9.78. The number of thioether (sulfide) groups is 1. The van der Waals surface area contributed by atoms with E-state index in [1.54, 1.807) is 48.5 Å². The number of aromatic nitrogens is 2. The molecular weight excluding hydrogens is 476 g/mol. The van der Waals surface area contributed by atoms with Crippen molar-refractivity contribution < 1.29 is 22.4 Å². The fourth-order valence-electron chi connectivity index (χ4n) is 2.83. The van der Waals surface area contributed by atoms with Crippen molar-refractivity contribution in [2.24, 2.45) is 0 Å². The number of rotatable bonds is 9. The summed E-state index contributed by atoms with van der Waals surface area (Å²) in [6.45, 7) is 0. The fourth-order valence-corrected chi connectivity index (χ4v) is 3.96. The third kappa shape index (κ3) is 6.83. The number of carbonyl (C=O) groups is 1. The quantitative estimate of drug-likeness (QED) is 0.322. The summed E-state index contributed by atoms with van der Waals surface area (Å²) < 4.78 is 36.3. The van der Waals surface area contributed by atoms with Gasteiger partial charge in [0, 0.05) is 16.9 Å². The number of carbonyl (C=O) groups excluding carboxylic acids is 1. The zero-order chi connectivity index (χ0) is 24.0. The SMILES string of the molecule is CS(=O)(=O)Nc1ccc(-c2nnc(SCC(=O)Nc3ccc(Oc4ccccc4)cc3)o2)cc1. The molecule has 9 nitrogen and oxygen atoms in total. The molecule has 1 aromatic heterocycles. The number of para-hydroxylation sites is 1. The van der Waals surface area contributed by atoms with Crippen molar-refractivity contribution >= 4 is 39.1 Å². The Balaban J connectivity index is 1.27. The van der Waals surface area contributed by atoms with E-state index in [2.05, 4.69) is 20.2 Å². The molecule has 4 aromatic rings. The monoisotopic (exact) mass is 496 g/mol. The molecule has 1 heterocycles.